The van der Waals surface area contributed by atoms with E-state index in [4.69, 9.17) is 9.05 Å². The van der Waals surface area contributed by atoms with Gasteiger partial charge in [0.25, 0.3) is 7.82 Å². The van der Waals surface area contributed by atoms with Gasteiger partial charge in [-0.25, -0.2) is 0 Å². The number of carbonyl (C=O) groups excluding carboxylic acids is 1. The highest BCUT2D eigenvalue weighted by atomic mass is 31.2. The van der Waals surface area contributed by atoms with Gasteiger partial charge in [0.05, 0.1) is 39.9 Å². The molecule has 0 aromatic rings. The van der Waals surface area contributed by atoms with E-state index in [1.807, 2.05) is 21.1 Å². The number of unbranched alkanes of at least 4 members (excludes halogenated alkanes) is 40. The lowest BCUT2D eigenvalue weighted by molar-refractivity contribution is -0.870. The van der Waals surface area contributed by atoms with E-state index >= 15 is 0 Å². The molecule has 0 aliphatic rings. The van der Waals surface area contributed by atoms with Crippen LogP contribution in [0.4, 0.5) is 0 Å². The average molecular weight is 929 g/mol. The molecular formula is C55H113N2O6P. The number of quaternary nitrogens is 1. The van der Waals surface area contributed by atoms with Gasteiger partial charge in [-0.3, -0.25) is 9.36 Å². The standard InChI is InChI=1S/C55H113N2O6P/c1-6-8-10-12-14-16-18-19-20-21-22-23-24-25-26-27-28-29-30-31-32-33-34-35-36-37-39-40-42-44-46-48-54(58)53(52-63-64(60,61)62-51-50-57(3,4)5)56-55(59)49-47-45-43-41-38-17-15-13-11-9-7-2/h53-54,58H,6-52H2,1-5H3,(H-,56,59,60,61). The third-order valence-electron chi connectivity index (χ3n) is 13.3. The Morgan fingerprint density at radius 2 is 0.766 bits per heavy atom. The molecule has 0 aliphatic carbocycles. The quantitative estimate of drug-likeness (QED) is 0.0357. The van der Waals surface area contributed by atoms with Gasteiger partial charge in [0.2, 0.25) is 5.91 Å². The molecular weight excluding hydrogens is 816 g/mol. The van der Waals surface area contributed by atoms with E-state index in [2.05, 4.69) is 19.2 Å². The fourth-order valence-electron chi connectivity index (χ4n) is 8.87. The molecule has 3 atom stereocenters. The zero-order valence-corrected chi connectivity index (χ0v) is 44.7. The number of nitrogens with zero attached hydrogens (tertiary/aromatic N) is 1. The van der Waals surface area contributed by atoms with Crippen LogP contribution in [0.15, 0.2) is 0 Å². The van der Waals surface area contributed by atoms with E-state index < -0.39 is 20.0 Å². The predicted octanol–water partition coefficient (Wildman–Crippen LogP) is 16.2. The molecule has 1 amide bonds. The van der Waals surface area contributed by atoms with Gasteiger partial charge < -0.3 is 28.8 Å². The molecule has 64 heavy (non-hydrogen) atoms. The molecule has 0 rings (SSSR count). The minimum atomic E-state index is -4.56. The normalized spacial score (nSPS) is 13.9. The van der Waals surface area contributed by atoms with Crippen LogP contribution < -0.4 is 10.2 Å². The number of phosphoric acid groups is 1. The third kappa shape index (κ3) is 49.4. The van der Waals surface area contributed by atoms with Crippen molar-refractivity contribution in [3.05, 3.63) is 0 Å². The summed E-state index contributed by atoms with van der Waals surface area (Å²) >= 11 is 0. The number of likely N-dealkylation sites (N-methyl/N-ethyl adjacent to an activating group) is 1. The monoisotopic (exact) mass is 929 g/mol. The van der Waals surface area contributed by atoms with Gasteiger partial charge in [0, 0.05) is 6.42 Å². The van der Waals surface area contributed by atoms with E-state index in [0.717, 1.165) is 38.5 Å². The maximum atomic E-state index is 12.9. The number of phosphoric ester groups is 1. The molecule has 384 valence electrons. The molecule has 0 saturated heterocycles. The highest BCUT2D eigenvalue weighted by Crippen LogP contribution is 2.38. The molecule has 0 spiro atoms. The fourth-order valence-corrected chi connectivity index (χ4v) is 9.59. The summed E-state index contributed by atoms with van der Waals surface area (Å²) in [4.78, 5) is 25.4. The molecule has 0 aromatic heterocycles. The van der Waals surface area contributed by atoms with Gasteiger partial charge in [-0.15, -0.1) is 0 Å². The Morgan fingerprint density at radius 1 is 0.484 bits per heavy atom. The lowest BCUT2D eigenvalue weighted by Gasteiger charge is -2.30. The summed E-state index contributed by atoms with van der Waals surface area (Å²) < 4.78 is 23.3. The molecule has 0 heterocycles. The molecule has 0 bridgehead atoms. The molecule has 0 aliphatic heterocycles. The van der Waals surface area contributed by atoms with E-state index in [9.17, 15) is 19.4 Å². The summed E-state index contributed by atoms with van der Waals surface area (Å²) in [6.07, 6.45) is 55.8. The minimum absolute atomic E-state index is 0.0163. The van der Waals surface area contributed by atoms with Gasteiger partial charge in [-0.05, 0) is 12.8 Å². The molecule has 2 N–H and O–H groups in total. The van der Waals surface area contributed by atoms with Crippen LogP contribution in [0.5, 0.6) is 0 Å². The first-order valence-electron chi connectivity index (χ1n) is 28.4. The van der Waals surface area contributed by atoms with Crippen molar-refractivity contribution in [3.8, 4) is 0 Å². The second-order valence-corrected chi connectivity index (χ2v) is 22.4. The van der Waals surface area contributed by atoms with Crippen molar-refractivity contribution in [1.29, 1.82) is 0 Å². The SMILES string of the molecule is CCCCCCCCCCCCCCCCCCCCCCCCCCCCCCCCCC(O)C(COP(=O)([O-])OCC[N+](C)(C)C)NC(=O)CCCCCCCCCCCCC. The van der Waals surface area contributed by atoms with Crippen LogP contribution >= 0.6 is 7.82 Å². The van der Waals surface area contributed by atoms with E-state index in [1.165, 1.54) is 231 Å². The molecule has 0 saturated carbocycles. The Kier molecular flexibility index (Phi) is 47.2. The Labute approximate surface area is 399 Å². The maximum Gasteiger partial charge on any atom is 0.268 e. The lowest BCUT2D eigenvalue weighted by Crippen LogP contribution is -2.46. The number of hydrogen-bond acceptors (Lipinski definition) is 6. The zero-order chi connectivity index (χ0) is 47.1. The van der Waals surface area contributed by atoms with Crippen LogP contribution in [0, 0.1) is 0 Å². The molecule has 0 fully saturated rings. The van der Waals surface area contributed by atoms with E-state index in [0.29, 0.717) is 23.9 Å². The van der Waals surface area contributed by atoms with Gasteiger partial charge in [0.1, 0.15) is 13.2 Å². The number of amides is 1. The molecule has 8 nitrogen and oxygen atoms in total. The third-order valence-corrected chi connectivity index (χ3v) is 14.3. The molecule has 0 radical (unpaired) electrons. The van der Waals surface area contributed by atoms with Crippen molar-refractivity contribution < 1.29 is 32.9 Å². The summed E-state index contributed by atoms with van der Waals surface area (Å²) in [6, 6.07) is -0.793. The first kappa shape index (κ1) is 63.5. The van der Waals surface area contributed by atoms with Crippen molar-refractivity contribution in [3.63, 3.8) is 0 Å². The second-order valence-electron chi connectivity index (χ2n) is 21.0. The summed E-state index contributed by atoms with van der Waals surface area (Å²) in [5, 5.41) is 14.0. The topological polar surface area (TPSA) is 108 Å². The number of carbonyl (C=O) groups is 1. The van der Waals surface area contributed by atoms with Crippen LogP contribution in [-0.2, 0) is 18.4 Å². The Morgan fingerprint density at radius 3 is 1.06 bits per heavy atom. The van der Waals surface area contributed by atoms with Crippen LogP contribution in [0.1, 0.15) is 296 Å². The van der Waals surface area contributed by atoms with Gasteiger partial charge >= 0.3 is 0 Å². The smallest absolute Gasteiger partial charge is 0.268 e. The highest BCUT2D eigenvalue weighted by Gasteiger charge is 2.24. The first-order valence-corrected chi connectivity index (χ1v) is 29.8. The van der Waals surface area contributed by atoms with Crippen molar-refractivity contribution in [1.82, 2.24) is 5.32 Å². The van der Waals surface area contributed by atoms with Gasteiger partial charge in [0.15, 0.2) is 0 Å². The van der Waals surface area contributed by atoms with Crippen molar-refractivity contribution in [2.45, 2.75) is 309 Å². The number of nitrogens with one attached hydrogen (secondary N) is 1. The number of hydrogen-bond donors (Lipinski definition) is 2. The summed E-state index contributed by atoms with van der Waals surface area (Å²) in [5.41, 5.74) is 0. The number of aliphatic hydroxyl groups is 1. The van der Waals surface area contributed by atoms with Crippen LogP contribution in [0.3, 0.4) is 0 Å². The Balaban J connectivity index is 3.95. The average Bonchev–Trinajstić information content (AvgIpc) is 3.25. The van der Waals surface area contributed by atoms with E-state index in [-0.39, 0.29) is 19.1 Å². The molecule has 9 heteroatoms. The lowest BCUT2D eigenvalue weighted by atomic mass is 10.0. The summed E-state index contributed by atoms with van der Waals surface area (Å²) in [5.74, 6) is -0.161. The largest absolute Gasteiger partial charge is 0.756 e. The maximum absolute atomic E-state index is 12.9. The van der Waals surface area contributed by atoms with Gasteiger partial charge in [-0.1, -0.05) is 277 Å². The van der Waals surface area contributed by atoms with E-state index in [1.54, 1.807) is 0 Å². The van der Waals surface area contributed by atoms with Crippen molar-refractivity contribution in [2.24, 2.45) is 0 Å². The molecule has 3 unspecified atom stereocenters. The summed E-state index contributed by atoms with van der Waals surface area (Å²) in [6.45, 7) is 4.75. The van der Waals surface area contributed by atoms with Crippen molar-refractivity contribution >= 4 is 13.7 Å². The first-order chi connectivity index (χ1) is 31.0. The molecule has 0 aromatic carbocycles. The van der Waals surface area contributed by atoms with Crippen LogP contribution in [0.25, 0.3) is 0 Å². The highest BCUT2D eigenvalue weighted by molar-refractivity contribution is 7.45. The predicted molar refractivity (Wildman–Crippen MR) is 275 cm³/mol. The minimum Gasteiger partial charge on any atom is -0.756 e. The zero-order valence-electron chi connectivity index (χ0n) is 43.8. The van der Waals surface area contributed by atoms with Crippen molar-refractivity contribution in [2.75, 3.05) is 40.9 Å². The van der Waals surface area contributed by atoms with Crippen LogP contribution in [0.2, 0.25) is 0 Å². The fraction of sp³-hybridized carbons (Fsp3) is 0.982. The summed E-state index contributed by atoms with van der Waals surface area (Å²) in [7, 11) is 1.32. The number of aliphatic hydroxyl groups excluding tert-OH is 1. The Hall–Kier alpha value is -0.500. The second kappa shape index (κ2) is 47.6. The van der Waals surface area contributed by atoms with Gasteiger partial charge in [-0.2, -0.15) is 0 Å². The Bertz CT molecular complexity index is 1010. The van der Waals surface area contributed by atoms with Crippen LogP contribution in [-0.4, -0.2) is 68.5 Å². The number of rotatable bonds is 53.